The minimum Gasteiger partial charge on any atom is -0.338 e. The Labute approximate surface area is 138 Å². The number of hydrogen-bond donors (Lipinski definition) is 2. The first kappa shape index (κ1) is 17.5. The Bertz CT molecular complexity index is 523. The van der Waals surface area contributed by atoms with Gasteiger partial charge in [0.15, 0.2) is 0 Å². The molecule has 1 aromatic heterocycles. The van der Waals surface area contributed by atoms with E-state index in [0.717, 1.165) is 39.0 Å². The van der Waals surface area contributed by atoms with Crippen LogP contribution in [-0.4, -0.2) is 45.9 Å². The van der Waals surface area contributed by atoms with Gasteiger partial charge in [-0.05, 0) is 52.6 Å². The van der Waals surface area contributed by atoms with Crippen LogP contribution < -0.4 is 10.6 Å². The average molecular weight is 319 g/mol. The second kappa shape index (κ2) is 7.64. The molecule has 23 heavy (non-hydrogen) atoms. The van der Waals surface area contributed by atoms with Crippen molar-refractivity contribution in [3.63, 3.8) is 0 Å². The predicted octanol–water partition coefficient (Wildman–Crippen LogP) is 2.29. The smallest absolute Gasteiger partial charge is 0.315 e. The first-order valence-electron chi connectivity index (χ1n) is 8.29. The summed E-state index contributed by atoms with van der Waals surface area (Å²) in [4.78, 5) is 14.2. The highest BCUT2D eigenvalue weighted by molar-refractivity contribution is 5.74. The molecule has 0 unspecified atom stereocenters. The van der Waals surface area contributed by atoms with Gasteiger partial charge in [-0.3, -0.25) is 4.90 Å². The van der Waals surface area contributed by atoms with Gasteiger partial charge in [0.2, 0.25) is 0 Å². The van der Waals surface area contributed by atoms with E-state index in [-0.39, 0.29) is 11.6 Å². The number of hydrogen-bond acceptors (Lipinski definition) is 3. The number of carbonyl (C=O) groups excluding carboxylic acids is 1. The van der Waals surface area contributed by atoms with Gasteiger partial charge in [0.05, 0.1) is 6.20 Å². The van der Waals surface area contributed by atoms with E-state index in [9.17, 15) is 4.79 Å². The van der Waals surface area contributed by atoms with E-state index in [1.54, 1.807) is 10.9 Å². The molecule has 1 saturated heterocycles. The summed E-state index contributed by atoms with van der Waals surface area (Å²) < 4.78 is 1.74. The molecule has 0 aliphatic carbocycles. The van der Waals surface area contributed by atoms with Gasteiger partial charge >= 0.3 is 6.03 Å². The number of aromatic nitrogens is 2. The summed E-state index contributed by atoms with van der Waals surface area (Å²) in [6.45, 7) is 13.5. The third kappa shape index (κ3) is 6.06. The molecule has 0 spiro atoms. The van der Waals surface area contributed by atoms with Gasteiger partial charge in [-0.2, -0.15) is 5.10 Å². The van der Waals surface area contributed by atoms with Crippen LogP contribution in [0.25, 0.3) is 6.20 Å². The molecule has 1 aliphatic rings. The summed E-state index contributed by atoms with van der Waals surface area (Å²) in [5, 5.41) is 10.1. The zero-order chi connectivity index (χ0) is 16.9. The van der Waals surface area contributed by atoms with Crippen LogP contribution in [0.15, 0.2) is 19.0 Å². The lowest BCUT2D eigenvalue weighted by Crippen LogP contribution is -2.48. The summed E-state index contributed by atoms with van der Waals surface area (Å²) in [7, 11) is 0. The molecular weight excluding hydrogens is 290 g/mol. The number of amides is 2. The minimum absolute atomic E-state index is 0.0724. The summed E-state index contributed by atoms with van der Waals surface area (Å²) in [5.74, 6) is 0.563. The van der Waals surface area contributed by atoms with E-state index in [1.807, 2.05) is 33.2 Å². The van der Waals surface area contributed by atoms with Gasteiger partial charge in [0.25, 0.3) is 0 Å². The average Bonchev–Trinajstić information content (AvgIpc) is 2.92. The van der Waals surface area contributed by atoms with Crippen LogP contribution in [0.3, 0.4) is 0 Å². The maximum atomic E-state index is 11.8. The van der Waals surface area contributed by atoms with Crippen molar-refractivity contribution in [1.29, 1.82) is 0 Å². The number of carbonyl (C=O) groups is 1. The highest BCUT2D eigenvalue weighted by atomic mass is 16.2. The highest BCUT2D eigenvalue weighted by Gasteiger charge is 2.21. The van der Waals surface area contributed by atoms with Gasteiger partial charge < -0.3 is 10.6 Å². The van der Waals surface area contributed by atoms with Crippen LogP contribution in [0.1, 0.15) is 39.2 Å². The summed E-state index contributed by atoms with van der Waals surface area (Å²) >= 11 is 0. The fourth-order valence-corrected chi connectivity index (χ4v) is 2.79. The third-order valence-corrected chi connectivity index (χ3v) is 4.00. The van der Waals surface area contributed by atoms with Gasteiger partial charge in [-0.1, -0.05) is 6.58 Å². The second-order valence-electron chi connectivity index (χ2n) is 7.32. The monoisotopic (exact) mass is 319 g/mol. The van der Waals surface area contributed by atoms with Crippen molar-refractivity contribution in [3.8, 4) is 0 Å². The fraction of sp³-hybridized carbons (Fsp3) is 0.647. The first-order valence-corrected chi connectivity index (χ1v) is 8.29. The molecule has 128 valence electrons. The third-order valence-electron chi connectivity index (χ3n) is 4.00. The fourth-order valence-electron chi connectivity index (χ4n) is 2.79. The van der Waals surface area contributed by atoms with Gasteiger partial charge in [0.1, 0.15) is 0 Å². The Kier molecular flexibility index (Phi) is 5.82. The van der Waals surface area contributed by atoms with Crippen molar-refractivity contribution in [2.45, 2.75) is 45.7 Å². The largest absolute Gasteiger partial charge is 0.338 e. The van der Waals surface area contributed by atoms with Crippen LogP contribution in [-0.2, 0) is 6.54 Å². The van der Waals surface area contributed by atoms with Crippen molar-refractivity contribution < 1.29 is 4.79 Å². The Hall–Kier alpha value is -1.82. The first-order chi connectivity index (χ1) is 10.9. The van der Waals surface area contributed by atoms with E-state index in [1.165, 1.54) is 5.56 Å². The lowest BCUT2D eigenvalue weighted by molar-refractivity contribution is 0.174. The molecule has 1 aromatic rings. The number of nitrogens with zero attached hydrogens (tertiary/aromatic N) is 3. The van der Waals surface area contributed by atoms with E-state index in [4.69, 9.17) is 0 Å². The molecule has 0 aromatic carbocycles. The van der Waals surface area contributed by atoms with Crippen molar-refractivity contribution in [3.05, 3.63) is 24.5 Å². The standard InChI is InChI=1S/C17H29N5O/c1-5-22-13-15(11-19-22)12-21-8-6-14(7-9-21)10-18-16(23)20-17(2,3)4/h5,11,13-14H,1,6-10,12H2,2-4H3,(H2,18,20,23). The van der Waals surface area contributed by atoms with Crippen molar-refractivity contribution in [1.82, 2.24) is 25.3 Å². The van der Waals surface area contributed by atoms with E-state index in [2.05, 4.69) is 27.2 Å². The molecule has 2 rings (SSSR count). The summed E-state index contributed by atoms with van der Waals surface area (Å²) in [6, 6.07) is -0.0724. The Morgan fingerprint density at radius 2 is 2.13 bits per heavy atom. The zero-order valence-corrected chi connectivity index (χ0v) is 14.5. The number of rotatable bonds is 5. The highest BCUT2D eigenvalue weighted by Crippen LogP contribution is 2.18. The Morgan fingerprint density at radius 3 is 2.70 bits per heavy atom. The van der Waals surface area contributed by atoms with Crippen LogP contribution >= 0.6 is 0 Å². The van der Waals surface area contributed by atoms with E-state index >= 15 is 0 Å². The number of nitrogens with one attached hydrogen (secondary N) is 2. The molecule has 1 aliphatic heterocycles. The van der Waals surface area contributed by atoms with Crippen LogP contribution in [0, 0.1) is 5.92 Å². The lowest BCUT2D eigenvalue weighted by Gasteiger charge is -2.32. The van der Waals surface area contributed by atoms with Crippen molar-refractivity contribution >= 4 is 12.2 Å². The second-order valence-corrected chi connectivity index (χ2v) is 7.32. The molecule has 6 heteroatoms. The number of urea groups is 1. The van der Waals surface area contributed by atoms with Crippen LogP contribution in [0.2, 0.25) is 0 Å². The number of likely N-dealkylation sites (tertiary alicyclic amines) is 1. The summed E-state index contributed by atoms with van der Waals surface area (Å²) in [6.07, 6.45) is 7.84. The van der Waals surface area contributed by atoms with E-state index in [0.29, 0.717) is 5.92 Å². The minimum atomic E-state index is -0.191. The molecule has 2 amide bonds. The van der Waals surface area contributed by atoms with Crippen molar-refractivity contribution in [2.24, 2.45) is 5.92 Å². The maximum Gasteiger partial charge on any atom is 0.315 e. The molecule has 0 atom stereocenters. The number of piperidine rings is 1. The molecule has 6 nitrogen and oxygen atoms in total. The predicted molar refractivity (Wildman–Crippen MR) is 92.9 cm³/mol. The normalized spacial score (nSPS) is 17.0. The van der Waals surface area contributed by atoms with E-state index < -0.39 is 0 Å². The quantitative estimate of drug-likeness (QED) is 0.875. The Balaban J connectivity index is 1.67. The molecular formula is C17H29N5O. The SMILES string of the molecule is C=Cn1cc(CN2CCC(CNC(=O)NC(C)(C)C)CC2)cn1. The maximum absolute atomic E-state index is 11.8. The summed E-state index contributed by atoms with van der Waals surface area (Å²) in [5.41, 5.74) is 1.02. The lowest BCUT2D eigenvalue weighted by atomic mass is 9.96. The molecule has 2 heterocycles. The van der Waals surface area contributed by atoms with Gasteiger partial charge in [-0.15, -0.1) is 0 Å². The Morgan fingerprint density at radius 1 is 1.43 bits per heavy atom. The topological polar surface area (TPSA) is 62.2 Å². The molecule has 0 radical (unpaired) electrons. The van der Waals surface area contributed by atoms with Crippen LogP contribution in [0.5, 0.6) is 0 Å². The zero-order valence-electron chi connectivity index (χ0n) is 14.5. The van der Waals surface area contributed by atoms with Crippen LogP contribution in [0.4, 0.5) is 4.79 Å². The molecule has 2 N–H and O–H groups in total. The molecule has 1 fully saturated rings. The van der Waals surface area contributed by atoms with Gasteiger partial charge in [-0.25, -0.2) is 9.48 Å². The van der Waals surface area contributed by atoms with Gasteiger partial charge in [0, 0.05) is 36.6 Å². The molecule has 0 saturated carbocycles. The molecule has 0 bridgehead atoms. The van der Waals surface area contributed by atoms with Crippen molar-refractivity contribution in [2.75, 3.05) is 19.6 Å².